The highest BCUT2D eigenvalue weighted by Gasteiger charge is 2.46. The van der Waals surface area contributed by atoms with Crippen molar-refractivity contribution >= 4 is 17.4 Å². The summed E-state index contributed by atoms with van der Waals surface area (Å²) in [5, 5.41) is 23.0. The number of halogens is 1. The molecule has 3 atom stereocenters. The summed E-state index contributed by atoms with van der Waals surface area (Å²) in [5.41, 5.74) is 1.55. The fourth-order valence-electron chi connectivity index (χ4n) is 4.41. The lowest BCUT2D eigenvalue weighted by atomic mass is 9.78. The highest BCUT2D eigenvalue weighted by molar-refractivity contribution is 6.30. The fraction of sp³-hybridized carbons (Fsp3) is 0.500. The Morgan fingerprint density at radius 3 is 2.62 bits per heavy atom. The fourth-order valence-corrected chi connectivity index (χ4v) is 4.58. The number of hydrogen-bond acceptors (Lipinski definition) is 5. The minimum Gasteiger partial charge on any atom is -0.507 e. The third kappa shape index (κ3) is 3.14. The summed E-state index contributed by atoms with van der Waals surface area (Å²) in [5.74, 6) is 2.34. The van der Waals surface area contributed by atoms with Crippen LogP contribution in [0.5, 0.6) is 5.75 Å². The van der Waals surface area contributed by atoms with Crippen molar-refractivity contribution in [2.24, 2.45) is 17.3 Å². The highest BCUT2D eigenvalue weighted by atomic mass is 35.5. The van der Waals surface area contributed by atoms with Crippen molar-refractivity contribution in [3.63, 3.8) is 0 Å². The summed E-state index contributed by atoms with van der Waals surface area (Å²) in [7, 11) is 0. The Morgan fingerprint density at radius 1 is 1.15 bits per heavy atom. The number of phenols is 1. The van der Waals surface area contributed by atoms with Crippen molar-refractivity contribution in [1.82, 2.24) is 15.5 Å². The van der Waals surface area contributed by atoms with Crippen LogP contribution in [0.3, 0.4) is 0 Å². The molecule has 138 valence electrons. The Kier molecular flexibility index (Phi) is 4.32. The zero-order valence-corrected chi connectivity index (χ0v) is 16.2. The third-order valence-corrected chi connectivity index (χ3v) is 5.90. The van der Waals surface area contributed by atoms with Gasteiger partial charge in [0.15, 0.2) is 5.82 Å². The smallest absolute Gasteiger partial charge is 0.151 e. The number of aromatic hydroxyl groups is 1. The monoisotopic (exact) mass is 372 g/mol. The SMILES string of the molecule is CC(C)(C)C1NC[C@@H]2CN(c3ccc(-c4ccc(Cl)cc4O)nn3)C[C@@H]12. The van der Waals surface area contributed by atoms with Crippen LogP contribution in [-0.2, 0) is 0 Å². The first-order valence-corrected chi connectivity index (χ1v) is 9.51. The molecule has 1 aromatic heterocycles. The molecule has 4 rings (SSSR count). The molecule has 0 saturated carbocycles. The Balaban J connectivity index is 1.52. The van der Waals surface area contributed by atoms with E-state index in [9.17, 15) is 5.11 Å². The second-order valence-corrected chi connectivity index (χ2v) is 8.96. The number of nitrogens with zero attached hydrogens (tertiary/aromatic N) is 3. The first-order valence-electron chi connectivity index (χ1n) is 9.14. The van der Waals surface area contributed by atoms with E-state index >= 15 is 0 Å². The van der Waals surface area contributed by atoms with Gasteiger partial charge in [-0.15, -0.1) is 10.2 Å². The van der Waals surface area contributed by atoms with Gasteiger partial charge in [-0.25, -0.2) is 0 Å². The largest absolute Gasteiger partial charge is 0.507 e. The van der Waals surface area contributed by atoms with E-state index in [0.29, 0.717) is 34.2 Å². The maximum absolute atomic E-state index is 10.1. The number of benzene rings is 1. The molecule has 0 bridgehead atoms. The van der Waals surface area contributed by atoms with Crippen molar-refractivity contribution in [1.29, 1.82) is 0 Å². The van der Waals surface area contributed by atoms with Gasteiger partial charge < -0.3 is 15.3 Å². The molecule has 5 nitrogen and oxygen atoms in total. The quantitative estimate of drug-likeness (QED) is 0.843. The van der Waals surface area contributed by atoms with E-state index < -0.39 is 0 Å². The average Bonchev–Trinajstić information content (AvgIpc) is 3.14. The Labute approximate surface area is 159 Å². The predicted molar refractivity (Wildman–Crippen MR) is 105 cm³/mol. The lowest BCUT2D eigenvalue weighted by Gasteiger charge is -2.32. The second kappa shape index (κ2) is 6.39. The maximum Gasteiger partial charge on any atom is 0.151 e. The van der Waals surface area contributed by atoms with Crippen LogP contribution in [0.15, 0.2) is 30.3 Å². The predicted octanol–water partition coefficient (Wildman–Crippen LogP) is 3.57. The summed E-state index contributed by atoms with van der Waals surface area (Å²) in [6.45, 7) is 10.0. The summed E-state index contributed by atoms with van der Waals surface area (Å²) < 4.78 is 0. The maximum atomic E-state index is 10.1. The van der Waals surface area contributed by atoms with Crippen LogP contribution in [0.25, 0.3) is 11.3 Å². The van der Waals surface area contributed by atoms with E-state index in [4.69, 9.17) is 11.6 Å². The lowest BCUT2D eigenvalue weighted by molar-refractivity contribution is 0.240. The minimum atomic E-state index is 0.120. The van der Waals surface area contributed by atoms with E-state index in [1.807, 2.05) is 12.1 Å². The number of aromatic nitrogens is 2. The van der Waals surface area contributed by atoms with Crippen molar-refractivity contribution in [2.75, 3.05) is 24.5 Å². The van der Waals surface area contributed by atoms with E-state index in [-0.39, 0.29) is 11.2 Å². The van der Waals surface area contributed by atoms with Crippen molar-refractivity contribution < 1.29 is 5.11 Å². The molecule has 0 spiro atoms. The van der Waals surface area contributed by atoms with Crippen LogP contribution in [0.2, 0.25) is 5.02 Å². The van der Waals surface area contributed by atoms with Gasteiger partial charge in [0.2, 0.25) is 0 Å². The molecule has 1 aromatic carbocycles. The second-order valence-electron chi connectivity index (χ2n) is 8.52. The minimum absolute atomic E-state index is 0.120. The van der Waals surface area contributed by atoms with Gasteiger partial charge in [-0.05, 0) is 47.6 Å². The molecule has 1 unspecified atom stereocenters. The van der Waals surface area contributed by atoms with Crippen molar-refractivity contribution in [3.8, 4) is 17.0 Å². The zero-order chi connectivity index (χ0) is 18.5. The average molecular weight is 373 g/mol. The summed E-state index contributed by atoms with van der Waals surface area (Å²) in [6, 6.07) is 9.48. The highest BCUT2D eigenvalue weighted by Crippen LogP contribution is 2.40. The summed E-state index contributed by atoms with van der Waals surface area (Å²) in [4.78, 5) is 2.34. The van der Waals surface area contributed by atoms with Gasteiger partial charge in [0.05, 0.1) is 5.69 Å². The van der Waals surface area contributed by atoms with Gasteiger partial charge in [0.25, 0.3) is 0 Å². The van der Waals surface area contributed by atoms with Gasteiger partial charge >= 0.3 is 0 Å². The molecule has 0 amide bonds. The summed E-state index contributed by atoms with van der Waals surface area (Å²) >= 11 is 5.90. The molecular formula is C20H25ClN4O. The molecule has 0 radical (unpaired) electrons. The molecular weight excluding hydrogens is 348 g/mol. The van der Waals surface area contributed by atoms with Gasteiger partial charge in [-0.2, -0.15) is 0 Å². The molecule has 2 fully saturated rings. The van der Waals surface area contributed by atoms with Gasteiger partial charge in [-0.3, -0.25) is 0 Å². The van der Waals surface area contributed by atoms with E-state index in [1.54, 1.807) is 12.1 Å². The van der Waals surface area contributed by atoms with Crippen LogP contribution in [0, 0.1) is 17.3 Å². The lowest BCUT2D eigenvalue weighted by Crippen LogP contribution is -2.42. The number of rotatable bonds is 2. The van der Waals surface area contributed by atoms with Gasteiger partial charge in [0.1, 0.15) is 5.75 Å². The molecule has 0 aliphatic carbocycles. The van der Waals surface area contributed by atoms with Gasteiger partial charge in [0, 0.05) is 36.3 Å². The number of nitrogens with one attached hydrogen (secondary N) is 1. The molecule has 2 aromatic rings. The molecule has 2 aliphatic rings. The number of anilines is 1. The molecule has 3 heterocycles. The van der Waals surface area contributed by atoms with Crippen molar-refractivity contribution in [2.45, 2.75) is 26.8 Å². The number of fused-ring (bicyclic) bond motifs is 1. The standard InChI is InChI=1S/C20H25ClN4O/c1-20(2,3)19-15-11-25(10-12(15)9-22-19)18-7-6-16(23-24-18)14-5-4-13(21)8-17(14)26/h4-8,12,15,19,22,26H,9-11H2,1-3H3/t12-,15-,19?/m1/s1. The van der Waals surface area contributed by atoms with Crippen LogP contribution in [-0.4, -0.2) is 41.0 Å². The van der Waals surface area contributed by atoms with Crippen LogP contribution in [0.1, 0.15) is 20.8 Å². The first kappa shape index (κ1) is 17.6. The first-order chi connectivity index (χ1) is 12.3. The van der Waals surface area contributed by atoms with Crippen LogP contribution < -0.4 is 10.2 Å². The number of phenolic OH excluding ortho intramolecular Hbond substituents is 1. The Bertz CT molecular complexity index is 802. The third-order valence-electron chi connectivity index (χ3n) is 5.66. The molecule has 2 aliphatic heterocycles. The molecule has 2 N–H and O–H groups in total. The summed E-state index contributed by atoms with van der Waals surface area (Å²) in [6.07, 6.45) is 0. The molecule has 2 saturated heterocycles. The van der Waals surface area contributed by atoms with E-state index in [0.717, 1.165) is 25.5 Å². The van der Waals surface area contributed by atoms with Crippen LogP contribution in [0.4, 0.5) is 5.82 Å². The zero-order valence-electron chi connectivity index (χ0n) is 15.4. The Morgan fingerprint density at radius 2 is 1.96 bits per heavy atom. The van der Waals surface area contributed by atoms with Gasteiger partial charge in [-0.1, -0.05) is 32.4 Å². The topological polar surface area (TPSA) is 61.3 Å². The number of hydrogen-bond donors (Lipinski definition) is 2. The van der Waals surface area contributed by atoms with Crippen molar-refractivity contribution in [3.05, 3.63) is 35.4 Å². The van der Waals surface area contributed by atoms with Crippen LogP contribution >= 0.6 is 11.6 Å². The molecule has 6 heteroatoms. The van der Waals surface area contributed by atoms with E-state index in [1.165, 1.54) is 6.07 Å². The Hall–Kier alpha value is -1.85. The normalized spacial score (nSPS) is 25.5. The van der Waals surface area contributed by atoms with E-state index in [2.05, 4.69) is 41.2 Å². The molecule has 26 heavy (non-hydrogen) atoms.